The molecule has 22 heavy (non-hydrogen) atoms. The van der Waals surface area contributed by atoms with E-state index in [-0.39, 0.29) is 11.9 Å². The fourth-order valence-electron chi connectivity index (χ4n) is 1.71. The Morgan fingerprint density at radius 2 is 1.14 bits per heavy atom. The molecule has 9 nitrogen and oxygen atoms in total. The average Bonchev–Trinajstić information content (AvgIpc) is 2.58. The quantitative estimate of drug-likeness (QED) is 0.705. The Labute approximate surface area is 127 Å². The van der Waals surface area contributed by atoms with Gasteiger partial charge in [-0.15, -0.1) is 0 Å². The van der Waals surface area contributed by atoms with E-state index in [0.29, 0.717) is 5.82 Å². The van der Waals surface area contributed by atoms with Gasteiger partial charge >= 0.3 is 0 Å². The minimum absolute atomic E-state index is 0.146. The number of hydrogen-bond donors (Lipinski definition) is 0. The van der Waals surface area contributed by atoms with Crippen molar-refractivity contribution in [2.45, 2.75) is 0 Å². The van der Waals surface area contributed by atoms with Gasteiger partial charge in [-0.05, 0) is 0 Å². The van der Waals surface area contributed by atoms with Gasteiger partial charge in [-0.25, -0.2) is 19.4 Å². The van der Waals surface area contributed by atoms with E-state index in [1.165, 1.54) is 28.4 Å². The molecule has 1 aromatic carbocycles. The van der Waals surface area contributed by atoms with Crippen molar-refractivity contribution in [2.24, 2.45) is 0 Å². The normalized spacial score (nSPS) is 10.5. The van der Waals surface area contributed by atoms with E-state index in [9.17, 15) is 0 Å². The molecule has 0 bridgehead atoms. The number of rotatable bonds is 7. The van der Waals surface area contributed by atoms with Crippen molar-refractivity contribution in [3.05, 3.63) is 30.3 Å². The van der Waals surface area contributed by atoms with Crippen LogP contribution < -0.4 is 10.5 Å². The van der Waals surface area contributed by atoms with Crippen LogP contribution in [0.5, 0.6) is 0 Å². The summed E-state index contributed by atoms with van der Waals surface area (Å²) in [6.07, 6.45) is 0. The first-order valence-electron chi connectivity index (χ1n) is 6.31. The van der Waals surface area contributed by atoms with Crippen LogP contribution in [-0.2, 0) is 19.4 Å². The van der Waals surface area contributed by atoms with Gasteiger partial charge in [0.15, 0.2) is 5.82 Å². The molecule has 0 amide bonds. The van der Waals surface area contributed by atoms with Crippen molar-refractivity contribution in [1.29, 1.82) is 0 Å². The Balaban J connectivity index is 2.53. The van der Waals surface area contributed by atoms with Crippen LogP contribution in [-0.4, -0.2) is 43.4 Å². The van der Waals surface area contributed by atoms with Gasteiger partial charge in [0.25, 0.3) is 11.9 Å². The Hall–Kier alpha value is -2.33. The molecule has 0 atom stereocenters. The maximum absolute atomic E-state index is 5.04. The van der Waals surface area contributed by atoms with E-state index >= 15 is 0 Å². The van der Waals surface area contributed by atoms with Crippen molar-refractivity contribution >= 4 is 11.9 Å². The lowest BCUT2D eigenvalue weighted by Gasteiger charge is -2.20. The third-order valence-electron chi connectivity index (χ3n) is 2.63. The number of benzene rings is 1. The highest BCUT2D eigenvalue weighted by molar-refractivity contribution is 5.57. The average molecular weight is 307 g/mol. The molecular weight excluding hydrogens is 290 g/mol. The lowest BCUT2D eigenvalue weighted by molar-refractivity contribution is -0.0524. The van der Waals surface area contributed by atoms with Gasteiger partial charge in [-0.3, -0.25) is 0 Å². The highest BCUT2D eigenvalue weighted by Gasteiger charge is 2.18. The van der Waals surface area contributed by atoms with E-state index in [2.05, 4.69) is 15.0 Å². The first-order chi connectivity index (χ1) is 10.7. The molecule has 0 radical (unpaired) electrons. The Bertz CT molecular complexity index is 560. The monoisotopic (exact) mass is 307 g/mol. The molecule has 0 aliphatic carbocycles. The fourth-order valence-corrected chi connectivity index (χ4v) is 1.71. The maximum atomic E-state index is 5.04. The van der Waals surface area contributed by atoms with Crippen molar-refractivity contribution < 1.29 is 19.4 Å². The maximum Gasteiger partial charge on any atom is 0.283 e. The summed E-state index contributed by atoms with van der Waals surface area (Å²) in [7, 11) is 5.72. The predicted octanol–water partition coefficient (Wildman–Crippen LogP) is 1.40. The third-order valence-corrected chi connectivity index (χ3v) is 2.63. The predicted molar refractivity (Wildman–Crippen MR) is 78.3 cm³/mol. The molecule has 9 heteroatoms. The molecule has 0 saturated carbocycles. The minimum Gasteiger partial charge on any atom is -0.249 e. The number of nitrogens with zero attached hydrogens (tertiary/aromatic N) is 5. The largest absolute Gasteiger partial charge is 0.283 e. The first-order valence-corrected chi connectivity index (χ1v) is 6.31. The molecule has 1 aromatic heterocycles. The van der Waals surface area contributed by atoms with Gasteiger partial charge in [0.1, 0.15) is 0 Å². The molecule has 0 unspecified atom stereocenters. The number of aromatic nitrogens is 3. The third kappa shape index (κ3) is 3.46. The second-order valence-corrected chi connectivity index (χ2v) is 3.87. The molecular formula is C13H17N5O4. The topological polar surface area (TPSA) is 82.1 Å². The smallest absolute Gasteiger partial charge is 0.249 e. The summed E-state index contributed by atoms with van der Waals surface area (Å²) < 4.78 is 0. The zero-order chi connectivity index (χ0) is 15.9. The molecule has 0 aliphatic heterocycles. The highest BCUT2D eigenvalue weighted by Crippen LogP contribution is 2.21. The van der Waals surface area contributed by atoms with Crippen molar-refractivity contribution in [2.75, 3.05) is 38.9 Å². The summed E-state index contributed by atoms with van der Waals surface area (Å²) in [5.74, 6) is 0.708. The van der Waals surface area contributed by atoms with Crippen LogP contribution in [0, 0.1) is 0 Å². The molecule has 0 saturated heterocycles. The van der Waals surface area contributed by atoms with Gasteiger partial charge in [-0.2, -0.15) is 15.0 Å². The van der Waals surface area contributed by atoms with Crippen molar-refractivity contribution in [3.63, 3.8) is 0 Å². The summed E-state index contributed by atoms with van der Waals surface area (Å²) in [6, 6.07) is 9.41. The van der Waals surface area contributed by atoms with Crippen molar-refractivity contribution in [3.8, 4) is 11.4 Å². The Morgan fingerprint density at radius 1 is 0.682 bits per heavy atom. The molecule has 118 valence electrons. The van der Waals surface area contributed by atoms with E-state index in [4.69, 9.17) is 19.4 Å². The van der Waals surface area contributed by atoms with E-state index in [1.807, 2.05) is 30.3 Å². The van der Waals surface area contributed by atoms with Crippen LogP contribution >= 0.6 is 0 Å². The summed E-state index contributed by atoms with van der Waals surface area (Å²) in [4.78, 5) is 32.9. The first kappa shape index (κ1) is 16.0. The van der Waals surface area contributed by atoms with Gasteiger partial charge in [0, 0.05) is 5.56 Å². The molecule has 2 aromatic rings. The number of anilines is 2. The summed E-state index contributed by atoms with van der Waals surface area (Å²) >= 11 is 0. The standard InChI is InChI=1S/C13H17N5O4/c1-19-17(20-2)12-14-11(10-8-6-5-7-9-10)15-13(16-12)18(21-3)22-4/h5-9H,1-4H3. The van der Waals surface area contributed by atoms with Crippen LogP contribution in [0.25, 0.3) is 11.4 Å². The second-order valence-electron chi connectivity index (χ2n) is 3.87. The molecule has 1 heterocycles. The van der Waals surface area contributed by atoms with Gasteiger partial charge in [0.2, 0.25) is 0 Å². The molecule has 0 aliphatic rings. The van der Waals surface area contributed by atoms with Crippen molar-refractivity contribution in [1.82, 2.24) is 15.0 Å². The van der Waals surface area contributed by atoms with E-state index in [1.54, 1.807) is 0 Å². The van der Waals surface area contributed by atoms with E-state index < -0.39 is 0 Å². The highest BCUT2D eigenvalue weighted by atomic mass is 16.9. The minimum atomic E-state index is 0.146. The van der Waals surface area contributed by atoms with Crippen LogP contribution in [0.2, 0.25) is 0 Å². The van der Waals surface area contributed by atoms with Gasteiger partial charge in [0.05, 0.1) is 28.4 Å². The second kappa shape index (κ2) is 7.61. The molecule has 2 rings (SSSR count). The van der Waals surface area contributed by atoms with Crippen LogP contribution in [0.4, 0.5) is 11.9 Å². The van der Waals surface area contributed by atoms with Gasteiger partial charge in [-0.1, -0.05) is 40.8 Å². The zero-order valence-corrected chi connectivity index (χ0v) is 12.8. The summed E-state index contributed by atoms with van der Waals surface area (Å²) in [5, 5.41) is 2.09. The summed E-state index contributed by atoms with van der Waals surface area (Å²) in [6.45, 7) is 0. The number of hydrogen-bond acceptors (Lipinski definition) is 9. The Morgan fingerprint density at radius 3 is 1.55 bits per heavy atom. The van der Waals surface area contributed by atoms with Crippen LogP contribution in [0.1, 0.15) is 0 Å². The fraction of sp³-hybridized carbons (Fsp3) is 0.308. The van der Waals surface area contributed by atoms with Crippen LogP contribution in [0.15, 0.2) is 30.3 Å². The van der Waals surface area contributed by atoms with E-state index in [0.717, 1.165) is 16.0 Å². The SMILES string of the molecule is CON(OC)c1nc(-c2ccccc2)nc(N(OC)OC)n1. The molecule has 0 N–H and O–H groups in total. The molecule has 0 fully saturated rings. The van der Waals surface area contributed by atoms with Crippen LogP contribution in [0.3, 0.4) is 0 Å². The van der Waals surface area contributed by atoms with Gasteiger partial charge < -0.3 is 0 Å². The zero-order valence-electron chi connectivity index (χ0n) is 12.8. The molecule has 0 spiro atoms. The summed E-state index contributed by atoms with van der Waals surface area (Å²) in [5.41, 5.74) is 0.798. The Kier molecular flexibility index (Phi) is 5.55. The lowest BCUT2D eigenvalue weighted by atomic mass is 10.2. The lowest BCUT2D eigenvalue weighted by Crippen LogP contribution is -2.27.